The summed E-state index contributed by atoms with van der Waals surface area (Å²) in [6.07, 6.45) is -0.712. The van der Waals surface area contributed by atoms with E-state index in [-0.39, 0.29) is 13.2 Å². The van der Waals surface area contributed by atoms with Crippen LogP contribution in [-0.4, -0.2) is 61.9 Å². The number of carbonyl (C=O) groups is 3. The number of ether oxygens (including phenoxy) is 2. The van der Waals surface area contributed by atoms with Crippen molar-refractivity contribution in [1.82, 2.24) is 10.6 Å². The molecule has 1 fully saturated rings. The quantitative estimate of drug-likeness (QED) is 0.503. The summed E-state index contributed by atoms with van der Waals surface area (Å²) in [4.78, 5) is 32.7. The lowest BCUT2D eigenvalue weighted by atomic mass is 10.3. The fraction of sp³-hybridized carbons (Fsp3) is 0.667. The number of hydrogen-bond donors (Lipinski definition) is 3. The minimum absolute atomic E-state index is 0.155. The van der Waals surface area contributed by atoms with Crippen molar-refractivity contribution >= 4 is 17.8 Å². The minimum Gasteiger partial charge on any atom is -0.480 e. The first-order valence-corrected chi connectivity index (χ1v) is 5.05. The van der Waals surface area contributed by atoms with Crippen molar-refractivity contribution in [2.24, 2.45) is 0 Å². The van der Waals surface area contributed by atoms with E-state index in [0.29, 0.717) is 13.2 Å². The lowest BCUT2D eigenvalue weighted by Gasteiger charge is -2.21. The largest absolute Gasteiger partial charge is 0.480 e. The molecule has 0 aromatic heterocycles. The van der Waals surface area contributed by atoms with E-state index in [1.807, 2.05) is 0 Å². The van der Waals surface area contributed by atoms with E-state index < -0.39 is 30.4 Å². The molecule has 3 N–H and O–H groups in total. The maximum absolute atomic E-state index is 11.4. The molecular weight excluding hydrogens is 232 g/mol. The standard InChI is InChI=1S/C9H14N2O6/c12-7(10-4-8(13)14)3-11-9(15)6-5-16-1-2-17-6/h6H,1-5H2,(H,10,12)(H,11,15)(H,13,14). The van der Waals surface area contributed by atoms with Crippen molar-refractivity contribution in [2.75, 3.05) is 32.9 Å². The molecule has 17 heavy (non-hydrogen) atoms. The highest BCUT2D eigenvalue weighted by molar-refractivity contribution is 5.88. The van der Waals surface area contributed by atoms with Crippen molar-refractivity contribution in [1.29, 1.82) is 0 Å². The van der Waals surface area contributed by atoms with Gasteiger partial charge in [0, 0.05) is 0 Å². The Morgan fingerprint density at radius 1 is 1.18 bits per heavy atom. The molecule has 0 radical (unpaired) electrons. The molecule has 96 valence electrons. The molecule has 0 bridgehead atoms. The Morgan fingerprint density at radius 3 is 2.53 bits per heavy atom. The summed E-state index contributed by atoms with van der Waals surface area (Å²) < 4.78 is 10.1. The molecule has 1 saturated heterocycles. The Morgan fingerprint density at radius 2 is 1.94 bits per heavy atom. The Labute approximate surface area is 97.3 Å². The summed E-state index contributed by atoms with van der Waals surface area (Å²) in [6.45, 7) is 0.179. The van der Waals surface area contributed by atoms with Crippen molar-refractivity contribution in [2.45, 2.75) is 6.10 Å². The average Bonchev–Trinajstić information content (AvgIpc) is 2.34. The smallest absolute Gasteiger partial charge is 0.322 e. The van der Waals surface area contributed by atoms with Crippen LogP contribution >= 0.6 is 0 Å². The maximum atomic E-state index is 11.4. The fourth-order valence-electron chi connectivity index (χ4n) is 1.16. The Kier molecular flexibility index (Phi) is 5.37. The molecule has 0 spiro atoms. The fourth-order valence-corrected chi connectivity index (χ4v) is 1.16. The van der Waals surface area contributed by atoms with Crippen LogP contribution in [0.3, 0.4) is 0 Å². The predicted octanol–water partition coefficient (Wildman–Crippen LogP) is -2.28. The van der Waals surface area contributed by atoms with Crippen molar-refractivity contribution < 1.29 is 29.0 Å². The van der Waals surface area contributed by atoms with Crippen LogP contribution in [-0.2, 0) is 23.9 Å². The van der Waals surface area contributed by atoms with Gasteiger partial charge in [0.05, 0.1) is 26.4 Å². The highest BCUT2D eigenvalue weighted by Crippen LogP contribution is 1.99. The Bertz CT molecular complexity index is 300. The second-order valence-electron chi connectivity index (χ2n) is 3.32. The molecule has 0 aromatic carbocycles. The number of carbonyl (C=O) groups excluding carboxylic acids is 2. The monoisotopic (exact) mass is 246 g/mol. The van der Waals surface area contributed by atoms with Crippen molar-refractivity contribution in [3.8, 4) is 0 Å². The molecule has 1 atom stereocenters. The predicted molar refractivity (Wildman–Crippen MR) is 54.2 cm³/mol. The molecule has 2 amide bonds. The molecule has 0 aromatic rings. The molecule has 1 aliphatic heterocycles. The van der Waals surface area contributed by atoms with Crippen LogP contribution < -0.4 is 10.6 Å². The molecule has 8 heteroatoms. The summed E-state index contributed by atoms with van der Waals surface area (Å²) in [5, 5.41) is 12.7. The molecule has 0 aliphatic carbocycles. The van der Waals surface area contributed by atoms with Gasteiger partial charge in [-0.2, -0.15) is 0 Å². The van der Waals surface area contributed by atoms with Crippen molar-refractivity contribution in [3.63, 3.8) is 0 Å². The van der Waals surface area contributed by atoms with Crippen molar-refractivity contribution in [3.05, 3.63) is 0 Å². The van der Waals surface area contributed by atoms with Gasteiger partial charge in [-0.05, 0) is 0 Å². The van der Waals surface area contributed by atoms with Crippen LogP contribution in [0.2, 0.25) is 0 Å². The van der Waals surface area contributed by atoms with E-state index in [1.54, 1.807) is 0 Å². The second kappa shape index (κ2) is 6.81. The van der Waals surface area contributed by atoms with E-state index in [4.69, 9.17) is 14.6 Å². The van der Waals surface area contributed by atoms with Gasteiger partial charge in [0.1, 0.15) is 6.54 Å². The number of hydrogen-bond acceptors (Lipinski definition) is 5. The van der Waals surface area contributed by atoms with Gasteiger partial charge in [-0.15, -0.1) is 0 Å². The average molecular weight is 246 g/mol. The molecule has 8 nitrogen and oxygen atoms in total. The highest BCUT2D eigenvalue weighted by Gasteiger charge is 2.22. The van der Waals surface area contributed by atoms with Crippen LogP contribution in [0.25, 0.3) is 0 Å². The first kappa shape index (κ1) is 13.4. The number of rotatable bonds is 5. The first-order chi connectivity index (χ1) is 8.09. The third-order valence-electron chi connectivity index (χ3n) is 1.97. The van der Waals surface area contributed by atoms with Crippen LogP contribution in [0.15, 0.2) is 0 Å². The topological polar surface area (TPSA) is 114 Å². The SMILES string of the molecule is O=C(O)CNC(=O)CNC(=O)C1COCCO1. The molecule has 1 aliphatic rings. The lowest BCUT2D eigenvalue weighted by molar-refractivity contribution is -0.148. The van der Waals surface area contributed by atoms with Gasteiger partial charge < -0.3 is 25.2 Å². The number of nitrogens with one attached hydrogen (secondary N) is 2. The Hall–Kier alpha value is -1.67. The molecule has 0 saturated carbocycles. The van der Waals surface area contributed by atoms with Crippen LogP contribution in [0.5, 0.6) is 0 Å². The van der Waals surface area contributed by atoms with Crippen LogP contribution in [0.4, 0.5) is 0 Å². The number of aliphatic carboxylic acids is 1. The summed E-state index contributed by atoms with van der Waals surface area (Å²) >= 11 is 0. The summed E-state index contributed by atoms with van der Waals surface area (Å²) in [7, 11) is 0. The molecule has 1 rings (SSSR count). The normalized spacial score (nSPS) is 19.4. The van der Waals surface area contributed by atoms with E-state index in [9.17, 15) is 14.4 Å². The third kappa shape index (κ3) is 5.27. The summed E-state index contributed by atoms with van der Waals surface area (Å²) in [5.74, 6) is -2.17. The highest BCUT2D eigenvalue weighted by atomic mass is 16.6. The third-order valence-corrected chi connectivity index (χ3v) is 1.97. The maximum Gasteiger partial charge on any atom is 0.322 e. The van der Waals surface area contributed by atoms with Gasteiger partial charge in [-0.25, -0.2) is 0 Å². The van der Waals surface area contributed by atoms with Gasteiger partial charge in [-0.1, -0.05) is 0 Å². The van der Waals surface area contributed by atoms with Gasteiger partial charge in [0.15, 0.2) is 6.10 Å². The van der Waals surface area contributed by atoms with E-state index in [2.05, 4.69) is 10.6 Å². The van der Waals surface area contributed by atoms with Gasteiger partial charge >= 0.3 is 5.97 Å². The zero-order valence-corrected chi connectivity index (χ0v) is 9.10. The Balaban J connectivity index is 2.18. The van der Waals surface area contributed by atoms with E-state index >= 15 is 0 Å². The number of carboxylic acid groups (broad SMARTS) is 1. The second-order valence-corrected chi connectivity index (χ2v) is 3.32. The minimum atomic E-state index is -1.14. The summed E-state index contributed by atoms with van der Waals surface area (Å²) in [6, 6.07) is 0. The van der Waals surface area contributed by atoms with E-state index in [0.717, 1.165) is 0 Å². The van der Waals surface area contributed by atoms with Gasteiger partial charge in [0.2, 0.25) is 5.91 Å². The van der Waals surface area contributed by atoms with Crippen LogP contribution in [0, 0.1) is 0 Å². The first-order valence-electron chi connectivity index (χ1n) is 5.05. The zero-order chi connectivity index (χ0) is 12.7. The number of carboxylic acids is 1. The molecule has 1 heterocycles. The van der Waals surface area contributed by atoms with Gasteiger partial charge in [-0.3, -0.25) is 14.4 Å². The molecule has 1 unspecified atom stereocenters. The summed E-state index contributed by atoms with van der Waals surface area (Å²) in [5.41, 5.74) is 0. The van der Waals surface area contributed by atoms with E-state index in [1.165, 1.54) is 0 Å². The van der Waals surface area contributed by atoms with Crippen LogP contribution in [0.1, 0.15) is 0 Å². The lowest BCUT2D eigenvalue weighted by Crippen LogP contribution is -2.46. The number of amides is 2. The van der Waals surface area contributed by atoms with Gasteiger partial charge in [0.25, 0.3) is 5.91 Å². The molecular formula is C9H14N2O6. The zero-order valence-electron chi connectivity index (χ0n) is 9.10.